The molecule has 88 valence electrons. The zero-order valence-electron chi connectivity index (χ0n) is 8.50. The second kappa shape index (κ2) is 4.16. The fourth-order valence-electron chi connectivity index (χ4n) is 1.38. The van der Waals surface area contributed by atoms with Crippen molar-refractivity contribution in [1.29, 1.82) is 0 Å². The topological polar surface area (TPSA) is 12.9 Å². The van der Waals surface area contributed by atoms with E-state index in [9.17, 15) is 17.6 Å². The molecule has 0 aliphatic heterocycles. The van der Waals surface area contributed by atoms with Crippen molar-refractivity contribution in [3.05, 3.63) is 54.0 Å². The number of aromatic nitrogens is 1. The van der Waals surface area contributed by atoms with Crippen LogP contribution in [0.25, 0.3) is 11.3 Å². The lowest BCUT2D eigenvalue weighted by Crippen LogP contribution is -2.05. The van der Waals surface area contributed by atoms with E-state index in [2.05, 4.69) is 4.98 Å². The molecule has 0 amide bonds. The second-order valence-corrected chi connectivity index (χ2v) is 3.44. The van der Waals surface area contributed by atoms with E-state index < -0.39 is 17.6 Å². The highest BCUT2D eigenvalue weighted by Gasteiger charge is 2.30. The van der Waals surface area contributed by atoms with E-state index >= 15 is 0 Å². The van der Waals surface area contributed by atoms with E-state index in [1.807, 2.05) is 0 Å². The molecule has 0 atom stereocenters. The normalized spacial score (nSPS) is 11.5. The molecule has 5 heteroatoms. The van der Waals surface area contributed by atoms with Gasteiger partial charge in [-0.3, -0.25) is 4.98 Å². The first-order chi connectivity index (χ1) is 7.97. The molecule has 0 saturated heterocycles. The van der Waals surface area contributed by atoms with Crippen LogP contribution in [0.5, 0.6) is 0 Å². The average molecular weight is 241 g/mol. The van der Waals surface area contributed by atoms with Crippen LogP contribution in [0.4, 0.5) is 17.6 Å². The van der Waals surface area contributed by atoms with Crippen LogP contribution in [-0.2, 0) is 6.18 Å². The maximum Gasteiger partial charge on any atom is 0.417 e. The molecule has 2 aromatic rings. The van der Waals surface area contributed by atoms with Gasteiger partial charge >= 0.3 is 6.18 Å². The third-order valence-electron chi connectivity index (χ3n) is 2.21. The molecule has 1 heterocycles. The molecule has 0 fully saturated rings. The standard InChI is InChI=1S/C12H7F4N/c13-10-3-1-2-8(6-10)11-5-4-9(7-17-11)12(14,15)16/h1-7H. The van der Waals surface area contributed by atoms with Gasteiger partial charge in [0.1, 0.15) is 5.82 Å². The van der Waals surface area contributed by atoms with E-state index in [0.29, 0.717) is 11.3 Å². The average Bonchev–Trinajstić information content (AvgIpc) is 2.28. The number of benzene rings is 1. The second-order valence-electron chi connectivity index (χ2n) is 3.44. The lowest BCUT2D eigenvalue weighted by molar-refractivity contribution is -0.137. The van der Waals surface area contributed by atoms with Crippen LogP contribution in [0.15, 0.2) is 42.6 Å². The zero-order valence-corrected chi connectivity index (χ0v) is 8.50. The first-order valence-corrected chi connectivity index (χ1v) is 4.76. The van der Waals surface area contributed by atoms with Crippen LogP contribution in [0.2, 0.25) is 0 Å². The summed E-state index contributed by atoms with van der Waals surface area (Å²) in [5, 5.41) is 0. The van der Waals surface area contributed by atoms with Crippen molar-refractivity contribution in [2.24, 2.45) is 0 Å². The molecule has 1 aromatic heterocycles. The van der Waals surface area contributed by atoms with E-state index in [4.69, 9.17) is 0 Å². The molecule has 1 aromatic carbocycles. The Morgan fingerprint density at radius 2 is 1.76 bits per heavy atom. The molecule has 0 unspecified atom stereocenters. The number of rotatable bonds is 1. The van der Waals surface area contributed by atoms with Gasteiger partial charge in [-0.05, 0) is 24.3 Å². The molecule has 0 N–H and O–H groups in total. The van der Waals surface area contributed by atoms with Crippen LogP contribution in [-0.4, -0.2) is 4.98 Å². The van der Waals surface area contributed by atoms with Crippen LogP contribution < -0.4 is 0 Å². The molecule has 0 spiro atoms. The summed E-state index contributed by atoms with van der Waals surface area (Å²) in [6, 6.07) is 7.68. The van der Waals surface area contributed by atoms with Crippen molar-refractivity contribution in [2.75, 3.05) is 0 Å². The largest absolute Gasteiger partial charge is 0.417 e. The molecule has 17 heavy (non-hydrogen) atoms. The number of hydrogen-bond acceptors (Lipinski definition) is 1. The maximum atomic E-state index is 12.9. The number of hydrogen-bond donors (Lipinski definition) is 0. The summed E-state index contributed by atoms with van der Waals surface area (Å²) in [7, 11) is 0. The lowest BCUT2D eigenvalue weighted by Gasteiger charge is -2.06. The van der Waals surface area contributed by atoms with Gasteiger partial charge < -0.3 is 0 Å². The first-order valence-electron chi connectivity index (χ1n) is 4.76. The van der Waals surface area contributed by atoms with Gasteiger partial charge in [-0.1, -0.05) is 12.1 Å². The fourth-order valence-corrected chi connectivity index (χ4v) is 1.38. The monoisotopic (exact) mass is 241 g/mol. The number of alkyl halides is 3. The summed E-state index contributed by atoms with van der Waals surface area (Å²) in [4.78, 5) is 3.67. The van der Waals surface area contributed by atoms with E-state index in [1.54, 1.807) is 6.07 Å². The van der Waals surface area contributed by atoms with Crippen molar-refractivity contribution >= 4 is 0 Å². The van der Waals surface area contributed by atoms with Gasteiger partial charge in [0, 0.05) is 11.8 Å². The number of pyridine rings is 1. The lowest BCUT2D eigenvalue weighted by atomic mass is 10.1. The Balaban J connectivity index is 2.36. The molecule has 0 aliphatic carbocycles. The van der Waals surface area contributed by atoms with E-state index in [-0.39, 0.29) is 0 Å². The zero-order chi connectivity index (χ0) is 12.5. The van der Waals surface area contributed by atoms with Crippen LogP contribution >= 0.6 is 0 Å². The van der Waals surface area contributed by atoms with E-state index in [0.717, 1.165) is 12.3 Å². The van der Waals surface area contributed by atoms with Gasteiger partial charge in [-0.25, -0.2) is 4.39 Å². The first kappa shape index (κ1) is 11.6. The summed E-state index contributed by atoms with van der Waals surface area (Å²) in [6.45, 7) is 0. The predicted molar refractivity (Wildman–Crippen MR) is 54.6 cm³/mol. The van der Waals surface area contributed by atoms with Gasteiger partial charge in [-0.2, -0.15) is 13.2 Å². The molecule has 2 rings (SSSR count). The number of nitrogens with zero attached hydrogens (tertiary/aromatic N) is 1. The quantitative estimate of drug-likeness (QED) is 0.690. The molecule has 0 bridgehead atoms. The SMILES string of the molecule is Fc1cccc(-c2ccc(C(F)(F)F)cn2)c1. The minimum Gasteiger partial charge on any atom is -0.256 e. The summed E-state index contributed by atoms with van der Waals surface area (Å²) < 4.78 is 49.8. The Morgan fingerprint density at radius 1 is 1.00 bits per heavy atom. The van der Waals surface area contributed by atoms with Gasteiger partial charge in [0.05, 0.1) is 11.3 Å². The maximum absolute atomic E-state index is 12.9. The van der Waals surface area contributed by atoms with Crippen molar-refractivity contribution in [2.45, 2.75) is 6.18 Å². The van der Waals surface area contributed by atoms with E-state index in [1.165, 1.54) is 24.3 Å². The Labute approximate surface area is 94.7 Å². The highest BCUT2D eigenvalue weighted by Crippen LogP contribution is 2.29. The minimum atomic E-state index is -4.41. The molecule has 1 nitrogen and oxygen atoms in total. The van der Waals surface area contributed by atoms with Crippen LogP contribution in [0, 0.1) is 5.82 Å². The third kappa shape index (κ3) is 2.61. The van der Waals surface area contributed by atoms with Crippen LogP contribution in [0.1, 0.15) is 5.56 Å². The highest BCUT2D eigenvalue weighted by molar-refractivity contribution is 5.58. The van der Waals surface area contributed by atoms with Gasteiger partial charge in [0.25, 0.3) is 0 Å². The van der Waals surface area contributed by atoms with Gasteiger partial charge in [0.15, 0.2) is 0 Å². The third-order valence-corrected chi connectivity index (χ3v) is 2.21. The summed E-state index contributed by atoms with van der Waals surface area (Å²) in [5.74, 6) is -0.454. The number of halogens is 4. The fraction of sp³-hybridized carbons (Fsp3) is 0.0833. The Bertz CT molecular complexity index is 517. The Kier molecular flexibility index (Phi) is 2.83. The van der Waals surface area contributed by atoms with Gasteiger partial charge in [-0.15, -0.1) is 0 Å². The smallest absolute Gasteiger partial charge is 0.256 e. The molecule has 0 saturated carbocycles. The molecule has 0 aliphatic rings. The van der Waals surface area contributed by atoms with Crippen LogP contribution in [0.3, 0.4) is 0 Å². The Hall–Kier alpha value is -1.91. The summed E-state index contributed by atoms with van der Waals surface area (Å²) >= 11 is 0. The van der Waals surface area contributed by atoms with Crippen molar-refractivity contribution in [1.82, 2.24) is 4.98 Å². The van der Waals surface area contributed by atoms with Gasteiger partial charge in [0.2, 0.25) is 0 Å². The molecule has 0 radical (unpaired) electrons. The summed E-state index contributed by atoms with van der Waals surface area (Å²) in [6.07, 6.45) is -3.67. The van der Waals surface area contributed by atoms with Crippen molar-refractivity contribution in [3.8, 4) is 11.3 Å². The van der Waals surface area contributed by atoms with Crippen molar-refractivity contribution < 1.29 is 17.6 Å². The Morgan fingerprint density at radius 3 is 2.29 bits per heavy atom. The molecular formula is C12H7F4N. The molecular weight excluding hydrogens is 234 g/mol. The predicted octanol–water partition coefficient (Wildman–Crippen LogP) is 3.91. The highest BCUT2D eigenvalue weighted by atomic mass is 19.4. The van der Waals surface area contributed by atoms with Crippen molar-refractivity contribution in [3.63, 3.8) is 0 Å². The summed E-state index contributed by atoms with van der Waals surface area (Å²) in [5.41, 5.74) is -0.0751. The minimum absolute atomic E-state index is 0.303.